The van der Waals surface area contributed by atoms with Crippen LogP contribution in [0.5, 0.6) is 0 Å². The number of aromatic nitrogens is 2. The summed E-state index contributed by atoms with van der Waals surface area (Å²) in [5.41, 5.74) is 5.76. The Bertz CT molecular complexity index is 274. The lowest BCUT2D eigenvalue weighted by Gasteiger charge is -2.21. The Morgan fingerprint density at radius 1 is 1.36 bits per heavy atom. The van der Waals surface area contributed by atoms with Crippen molar-refractivity contribution in [3.05, 3.63) is 12.3 Å². The molecule has 3 nitrogen and oxygen atoms in total. The van der Waals surface area contributed by atoms with Gasteiger partial charge in [-0.1, -0.05) is 32.1 Å². The van der Waals surface area contributed by atoms with E-state index >= 15 is 0 Å². The largest absolute Gasteiger partial charge is 0.384 e. The molecular weight excluding hydrogens is 174 g/mol. The molecule has 0 unspecified atom stereocenters. The lowest BCUT2D eigenvalue weighted by Crippen LogP contribution is -2.12. The van der Waals surface area contributed by atoms with E-state index in [-0.39, 0.29) is 0 Å². The maximum Gasteiger partial charge on any atom is 0.121 e. The van der Waals surface area contributed by atoms with Gasteiger partial charge in [0.15, 0.2) is 0 Å². The van der Waals surface area contributed by atoms with E-state index in [0.717, 1.165) is 18.3 Å². The average molecular weight is 193 g/mol. The normalized spacial score (nSPS) is 18.6. The molecule has 0 bridgehead atoms. The van der Waals surface area contributed by atoms with E-state index < -0.39 is 0 Å². The molecule has 1 fully saturated rings. The number of nitrogen functional groups attached to an aromatic ring is 1. The highest BCUT2D eigenvalue weighted by molar-refractivity contribution is 5.25. The van der Waals surface area contributed by atoms with Gasteiger partial charge in [-0.2, -0.15) is 5.10 Å². The van der Waals surface area contributed by atoms with Crippen molar-refractivity contribution in [2.75, 3.05) is 5.73 Å². The van der Waals surface area contributed by atoms with E-state index in [1.807, 2.05) is 10.7 Å². The van der Waals surface area contributed by atoms with Crippen LogP contribution in [0.4, 0.5) is 5.82 Å². The van der Waals surface area contributed by atoms with Crippen LogP contribution in [0.25, 0.3) is 0 Å². The van der Waals surface area contributed by atoms with Gasteiger partial charge in [-0.3, -0.25) is 4.68 Å². The van der Waals surface area contributed by atoms with E-state index in [1.165, 1.54) is 38.5 Å². The standard InChI is InChI=1S/C11H19N3/c12-11-6-8-13-14(11)9-7-10-4-2-1-3-5-10/h6,8,10H,1-5,7,9,12H2. The second-order valence-electron chi connectivity index (χ2n) is 4.27. The van der Waals surface area contributed by atoms with Crippen LogP contribution < -0.4 is 5.73 Å². The Balaban J connectivity index is 1.79. The Morgan fingerprint density at radius 2 is 2.14 bits per heavy atom. The van der Waals surface area contributed by atoms with Gasteiger partial charge in [0.1, 0.15) is 5.82 Å². The molecule has 1 heterocycles. The fourth-order valence-corrected chi connectivity index (χ4v) is 2.31. The highest BCUT2D eigenvalue weighted by atomic mass is 15.3. The summed E-state index contributed by atoms with van der Waals surface area (Å²) in [5, 5.41) is 4.19. The van der Waals surface area contributed by atoms with Crippen molar-refractivity contribution in [2.45, 2.75) is 45.1 Å². The number of rotatable bonds is 3. The quantitative estimate of drug-likeness (QED) is 0.801. The first-order chi connectivity index (χ1) is 6.86. The fraction of sp³-hybridized carbons (Fsp3) is 0.727. The molecule has 1 aromatic heterocycles. The third-order valence-corrected chi connectivity index (χ3v) is 3.22. The van der Waals surface area contributed by atoms with Crippen molar-refractivity contribution >= 4 is 5.82 Å². The second-order valence-corrected chi connectivity index (χ2v) is 4.27. The van der Waals surface area contributed by atoms with Crippen LogP contribution in [-0.2, 0) is 6.54 Å². The number of nitrogens with zero attached hydrogens (tertiary/aromatic N) is 2. The average Bonchev–Trinajstić information content (AvgIpc) is 2.63. The highest BCUT2D eigenvalue weighted by Crippen LogP contribution is 2.26. The zero-order valence-corrected chi connectivity index (χ0v) is 8.65. The first-order valence-electron chi connectivity index (χ1n) is 5.63. The summed E-state index contributed by atoms with van der Waals surface area (Å²) in [7, 11) is 0. The fourth-order valence-electron chi connectivity index (χ4n) is 2.31. The summed E-state index contributed by atoms with van der Waals surface area (Å²) in [6.45, 7) is 0.990. The van der Waals surface area contributed by atoms with Gasteiger partial charge >= 0.3 is 0 Å². The third-order valence-electron chi connectivity index (χ3n) is 3.22. The van der Waals surface area contributed by atoms with Gasteiger partial charge in [0, 0.05) is 6.54 Å². The van der Waals surface area contributed by atoms with Crippen molar-refractivity contribution in [3.8, 4) is 0 Å². The number of hydrogen-bond donors (Lipinski definition) is 1. The molecule has 0 amide bonds. The molecule has 0 aromatic carbocycles. The predicted molar refractivity (Wildman–Crippen MR) is 57.8 cm³/mol. The molecule has 0 aliphatic heterocycles. The SMILES string of the molecule is Nc1ccnn1CCC1CCCCC1. The summed E-state index contributed by atoms with van der Waals surface area (Å²) < 4.78 is 1.91. The van der Waals surface area contributed by atoms with Crippen LogP contribution in [-0.4, -0.2) is 9.78 Å². The van der Waals surface area contributed by atoms with Crippen LogP contribution in [0.3, 0.4) is 0 Å². The molecule has 1 aliphatic rings. The van der Waals surface area contributed by atoms with Crippen molar-refractivity contribution in [1.29, 1.82) is 0 Å². The first-order valence-corrected chi connectivity index (χ1v) is 5.63. The number of anilines is 1. The van der Waals surface area contributed by atoms with E-state index in [4.69, 9.17) is 5.73 Å². The van der Waals surface area contributed by atoms with Crippen LogP contribution in [0, 0.1) is 5.92 Å². The van der Waals surface area contributed by atoms with Gasteiger partial charge < -0.3 is 5.73 Å². The van der Waals surface area contributed by atoms with E-state index in [1.54, 1.807) is 6.20 Å². The molecule has 2 N–H and O–H groups in total. The number of aryl methyl sites for hydroxylation is 1. The Kier molecular flexibility index (Phi) is 3.07. The van der Waals surface area contributed by atoms with Crippen molar-refractivity contribution in [3.63, 3.8) is 0 Å². The molecular formula is C11H19N3. The first kappa shape index (κ1) is 9.56. The van der Waals surface area contributed by atoms with Gasteiger partial charge in [-0.15, -0.1) is 0 Å². The molecule has 2 rings (SSSR count). The minimum atomic E-state index is 0.792. The molecule has 14 heavy (non-hydrogen) atoms. The van der Waals surface area contributed by atoms with Gasteiger partial charge in [0.05, 0.1) is 6.20 Å². The van der Waals surface area contributed by atoms with E-state index in [2.05, 4.69) is 5.10 Å². The number of hydrogen-bond acceptors (Lipinski definition) is 2. The van der Waals surface area contributed by atoms with E-state index in [9.17, 15) is 0 Å². The minimum absolute atomic E-state index is 0.792. The molecule has 0 radical (unpaired) electrons. The number of nitrogens with two attached hydrogens (primary N) is 1. The summed E-state index contributed by atoms with van der Waals surface area (Å²) in [5.74, 6) is 1.70. The summed E-state index contributed by atoms with van der Waals surface area (Å²) in [6.07, 6.45) is 10.1. The summed E-state index contributed by atoms with van der Waals surface area (Å²) in [4.78, 5) is 0. The maximum atomic E-state index is 5.76. The van der Waals surface area contributed by atoms with Crippen molar-refractivity contribution in [2.24, 2.45) is 5.92 Å². The van der Waals surface area contributed by atoms with Gasteiger partial charge in [-0.25, -0.2) is 0 Å². The zero-order valence-electron chi connectivity index (χ0n) is 8.65. The lowest BCUT2D eigenvalue weighted by atomic mass is 9.87. The van der Waals surface area contributed by atoms with Crippen LogP contribution in [0.2, 0.25) is 0 Å². The summed E-state index contributed by atoms with van der Waals surface area (Å²) >= 11 is 0. The molecule has 3 heteroatoms. The Hall–Kier alpha value is -0.990. The molecule has 0 atom stereocenters. The van der Waals surface area contributed by atoms with Gasteiger partial charge in [0.25, 0.3) is 0 Å². The van der Waals surface area contributed by atoms with Crippen LogP contribution in [0.1, 0.15) is 38.5 Å². The third kappa shape index (κ3) is 2.28. The summed E-state index contributed by atoms with van der Waals surface area (Å²) in [6, 6.07) is 1.86. The minimum Gasteiger partial charge on any atom is -0.384 e. The van der Waals surface area contributed by atoms with Gasteiger partial charge in [-0.05, 0) is 18.4 Å². The zero-order chi connectivity index (χ0) is 9.80. The van der Waals surface area contributed by atoms with Crippen LogP contribution >= 0.6 is 0 Å². The smallest absolute Gasteiger partial charge is 0.121 e. The second kappa shape index (κ2) is 4.49. The predicted octanol–water partition coefficient (Wildman–Crippen LogP) is 2.44. The Morgan fingerprint density at radius 3 is 2.79 bits per heavy atom. The molecule has 1 saturated carbocycles. The maximum absolute atomic E-state index is 5.76. The lowest BCUT2D eigenvalue weighted by molar-refractivity contribution is 0.320. The topological polar surface area (TPSA) is 43.8 Å². The van der Waals surface area contributed by atoms with Crippen molar-refractivity contribution < 1.29 is 0 Å². The molecule has 78 valence electrons. The highest BCUT2D eigenvalue weighted by Gasteiger charge is 2.13. The molecule has 0 spiro atoms. The monoisotopic (exact) mass is 193 g/mol. The molecule has 1 aromatic rings. The van der Waals surface area contributed by atoms with Crippen molar-refractivity contribution in [1.82, 2.24) is 9.78 Å². The van der Waals surface area contributed by atoms with Crippen LogP contribution in [0.15, 0.2) is 12.3 Å². The molecule has 0 saturated heterocycles. The Labute approximate surface area is 85.3 Å². The van der Waals surface area contributed by atoms with E-state index in [0.29, 0.717) is 0 Å². The van der Waals surface area contributed by atoms with Gasteiger partial charge in [0.2, 0.25) is 0 Å². The molecule has 1 aliphatic carbocycles.